The smallest absolute Gasteiger partial charge is 0.161 e. The molecule has 0 bridgehead atoms. The SMILES string of the molecule is CS(=O)(=O)CCc1cc(F)cc(-c2nccc3[nH]c(-c4n[nH]c5cnc(-c6cncc(N)c6)c(F)c45)nc23)c1. The fourth-order valence-electron chi connectivity index (χ4n) is 4.43. The number of aromatic amines is 2. The molecule has 0 aliphatic heterocycles. The lowest BCUT2D eigenvalue weighted by Gasteiger charge is -2.06. The van der Waals surface area contributed by atoms with E-state index in [9.17, 15) is 12.8 Å². The predicted molar refractivity (Wildman–Crippen MR) is 143 cm³/mol. The number of aryl methyl sites for hydroxylation is 1. The molecule has 0 amide bonds. The number of H-pyrrole nitrogens is 2. The number of hydrogen-bond donors (Lipinski definition) is 3. The number of aromatic nitrogens is 7. The molecule has 0 aliphatic rings. The van der Waals surface area contributed by atoms with Gasteiger partial charge in [0.1, 0.15) is 32.6 Å². The van der Waals surface area contributed by atoms with Gasteiger partial charge in [-0.1, -0.05) is 0 Å². The standard InChI is InChI=1S/C26H20F2N8O2S/c1-39(37,38)5-3-13-6-14(8-16(27)7-13)23-24-18(2-4-31-23)33-26(34-24)25-20-19(35-36-25)12-32-22(21(20)28)15-9-17(29)11-30-10-15/h2,4,6-12H,3,5,29H2,1H3,(H,33,34)(H,35,36). The van der Waals surface area contributed by atoms with E-state index >= 15 is 4.39 Å². The lowest BCUT2D eigenvalue weighted by atomic mass is 10.0. The van der Waals surface area contributed by atoms with Gasteiger partial charge >= 0.3 is 0 Å². The third-order valence-corrected chi connectivity index (χ3v) is 7.14. The van der Waals surface area contributed by atoms with Gasteiger partial charge in [0.2, 0.25) is 0 Å². The minimum atomic E-state index is -3.22. The summed E-state index contributed by atoms with van der Waals surface area (Å²) in [6.45, 7) is 0. The summed E-state index contributed by atoms with van der Waals surface area (Å²) in [7, 11) is -3.22. The van der Waals surface area contributed by atoms with E-state index in [1.165, 1.54) is 30.7 Å². The van der Waals surface area contributed by atoms with Crippen LogP contribution in [0.1, 0.15) is 5.56 Å². The third kappa shape index (κ3) is 4.68. The Morgan fingerprint density at radius 2 is 1.79 bits per heavy atom. The van der Waals surface area contributed by atoms with Crippen molar-refractivity contribution in [2.24, 2.45) is 0 Å². The van der Waals surface area contributed by atoms with Gasteiger partial charge in [-0.15, -0.1) is 0 Å². The molecule has 0 radical (unpaired) electrons. The minimum absolute atomic E-state index is 0.0600. The van der Waals surface area contributed by atoms with Crippen molar-refractivity contribution in [2.75, 3.05) is 17.7 Å². The predicted octanol–water partition coefficient (Wildman–Crippen LogP) is 4.07. The number of nitrogens with two attached hydrogens (primary N) is 1. The van der Waals surface area contributed by atoms with E-state index in [0.29, 0.717) is 44.6 Å². The van der Waals surface area contributed by atoms with Crippen LogP contribution in [0.4, 0.5) is 14.5 Å². The molecule has 5 heterocycles. The first-order chi connectivity index (χ1) is 18.7. The largest absolute Gasteiger partial charge is 0.397 e. The Bertz CT molecular complexity index is 2000. The van der Waals surface area contributed by atoms with E-state index in [1.54, 1.807) is 24.4 Å². The van der Waals surface area contributed by atoms with Gasteiger partial charge in [0.25, 0.3) is 0 Å². The van der Waals surface area contributed by atoms with Crippen LogP contribution in [0.15, 0.2) is 55.1 Å². The summed E-state index contributed by atoms with van der Waals surface area (Å²) in [5.74, 6) is -0.994. The van der Waals surface area contributed by atoms with Crippen molar-refractivity contribution >= 4 is 37.5 Å². The number of fused-ring (bicyclic) bond motifs is 2. The van der Waals surface area contributed by atoms with Gasteiger partial charge in [-0.3, -0.25) is 20.1 Å². The van der Waals surface area contributed by atoms with Gasteiger partial charge in [-0.2, -0.15) is 5.10 Å². The molecule has 39 heavy (non-hydrogen) atoms. The van der Waals surface area contributed by atoms with Gasteiger partial charge < -0.3 is 10.7 Å². The Kier molecular flexibility index (Phi) is 5.79. The first-order valence-electron chi connectivity index (χ1n) is 11.7. The Labute approximate surface area is 220 Å². The van der Waals surface area contributed by atoms with Gasteiger partial charge in [0, 0.05) is 36.0 Å². The molecule has 10 nitrogen and oxygen atoms in total. The average Bonchev–Trinajstić information content (AvgIpc) is 3.51. The van der Waals surface area contributed by atoms with Crippen molar-refractivity contribution in [3.63, 3.8) is 0 Å². The number of nitrogens with one attached hydrogen (secondary N) is 2. The quantitative estimate of drug-likeness (QED) is 0.282. The van der Waals surface area contributed by atoms with E-state index in [0.717, 1.165) is 6.26 Å². The van der Waals surface area contributed by atoms with Crippen molar-refractivity contribution < 1.29 is 17.2 Å². The maximum atomic E-state index is 15.8. The number of pyridine rings is 3. The summed E-state index contributed by atoms with van der Waals surface area (Å²) in [5, 5.41) is 7.23. The fourth-order valence-corrected chi connectivity index (χ4v) is 5.04. The molecule has 0 saturated heterocycles. The number of anilines is 1. The summed E-state index contributed by atoms with van der Waals surface area (Å²) >= 11 is 0. The molecule has 6 aromatic rings. The second-order valence-electron chi connectivity index (χ2n) is 9.16. The fraction of sp³-hybridized carbons (Fsp3) is 0.115. The topological polar surface area (TPSA) is 156 Å². The number of hydrogen-bond acceptors (Lipinski definition) is 8. The second kappa shape index (κ2) is 9.20. The molecule has 4 N–H and O–H groups in total. The van der Waals surface area contributed by atoms with Crippen molar-refractivity contribution in [1.82, 2.24) is 35.1 Å². The van der Waals surface area contributed by atoms with Gasteiger partial charge in [-0.05, 0) is 42.3 Å². The van der Waals surface area contributed by atoms with Crippen LogP contribution in [0, 0.1) is 11.6 Å². The van der Waals surface area contributed by atoms with Crippen LogP contribution in [0.5, 0.6) is 0 Å². The number of benzene rings is 1. The molecule has 1 aromatic carbocycles. The summed E-state index contributed by atoms with van der Waals surface area (Å²) in [6.07, 6.45) is 7.22. The molecule has 0 atom stereocenters. The molecule has 0 spiro atoms. The minimum Gasteiger partial charge on any atom is -0.397 e. The monoisotopic (exact) mass is 546 g/mol. The number of imidazole rings is 1. The maximum Gasteiger partial charge on any atom is 0.161 e. The van der Waals surface area contributed by atoms with Crippen LogP contribution < -0.4 is 5.73 Å². The molecular weight excluding hydrogens is 526 g/mol. The van der Waals surface area contributed by atoms with Gasteiger partial charge in [0.05, 0.1) is 39.8 Å². The van der Waals surface area contributed by atoms with E-state index in [4.69, 9.17) is 5.73 Å². The summed E-state index contributed by atoms with van der Waals surface area (Å²) in [6, 6.07) is 7.56. The zero-order valence-corrected chi connectivity index (χ0v) is 21.2. The number of halogens is 2. The molecule has 0 unspecified atom stereocenters. The summed E-state index contributed by atoms with van der Waals surface area (Å²) in [5.41, 5.74) is 9.56. The van der Waals surface area contributed by atoms with E-state index in [2.05, 4.69) is 35.1 Å². The molecule has 0 aliphatic carbocycles. The Morgan fingerprint density at radius 1 is 0.949 bits per heavy atom. The number of nitrogen functional groups attached to an aromatic ring is 1. The van der Waals surface area contributed by atoms with Crippen molar-refractivity contribution in [3.8, 4) is 34.0 Å². The molecule has 0 saturated carbocycles. The van der Waals surface area contributed by atoms with E-state index in [-0.39, 0.29) is 34.8 Å². The summed E-state index contributed by atoms with van der Waals surface area (Å²) in [4.78, 5) is 20.4. The maximum absolute atomic E-state index is 15.8. The summed E-state index contributed by atoms with van der Waals surface area (Å²) < 4.78 is 53.5. The van der Waals surface area contributed by atoms with Gasteiger partial charge in [0.15, 0.2) is 11.6 Å². The number of rotatable bonds is 6. The highest BCUT2D eigenvalue weighted by Crippen LogP contribution is 2.34. The lowest BCUT2D eigenvalue weighted by Crippen LogP contribution is -2.06. The highest BCUT2D eigenvalue weighted by atomic mass is 32.2. The number of nitrogens with zero attached hydrogens (tertiary/aromatic N) is 5. The average molecular weight is 547 g/mol. The van der Waals surface area contributed by atoms with E-state index in [1.807, 2.05) is 0 Å². The molecular formula is C26H20F2N8O2S. The molecule has 6 rings (SSSR count). The van der Waals surface area contributed by atoms with Crippen LogP contribution in [-0.2, 0) is 16.3 Å². The number of sulfone groups is 1. The Balaban J connectivity index is 1.46. The molecule has 0 fully saturated rings. The van der Waals surface area contributed by atoms with Crippen molar-refractivity contribution in [2.45, 2.75) is 6.42 Å². The second-order valence-corrected chi connectivity index (χ2v) is 11.4. The van der Waals surface area contributed by atoms with Crippen molar-refractivity contribution in [3.05, 3.63) is 72.3 Å². The zero-order valence-electron chi connectivity index (χ0n) is 20.4. The highest BCUT2D eigenvalue weighted by molar-refractivity contribution is 7.90. The van der Waals surface area contributed by atoms with Gasteiger partial charge in [-0.25, -0.2) is 22.2 Å². The normalized spacial score (nSPS) is 12.0. The van der Waals surface area contributed by atoms with Crippen LogP contribution >= 0.6 is 0 Å². The molecule has 13 heteroatoms. The Morgan fingerprint density at radius 3 is 2.59 bits per heavy atom. The first-order valence-corrected chi connectivity index (χ1v) is 13.8. The zero-order chi connectivity index (χ0) is 27.3. The highest BCUT2D eigenvalue weighted by Gasteiger charge is 2.22. The Hall–Kier alpha value is -4.78. The first kappa shape index (κ1) is 24.6. The van der Waals surface area contributed by atoms with Crippen molar-refractivity contribution in [1.29, 1.82) is 0 Å². The van der Waals surface area contributed by atoms with E-state index < -0.39 is 21.5 Å². The van der Waals surface area contributed by atoms with Crippen LogP contribution in [0.3, 0.4) is 0 Å². The van der Waals surface area contributed by atoms with Crippen LogP contribution in [0.25, 0.3) is 56.0 Å². The third-order valence-electron chi connectivity index (χ3n) is 6.20. The van der Waals surface area contributed by atoms with Crippen LogP contribution in [0.2, 0.25) is 0 Å². The molecule has 5 aromatic heterocycles. The lowest BCUT2D eigenvalue weighted by molar-refractivity contribution is 0.600. The molecule has 196 valence electrons. The van der Waals surface area contributed by atoms with Crippen LogP contribution in [-0.4, -0.2) is 55.5 Å².